The number of aromatic nitrogens is 2. The van der Waals surface area contributed by atoms with E-state index in [9.17, 15) is 8.42 Å². The minimum absolute atomic E-state index is 0.426. The number of benzene rings is 1. The average molecular weight is 282 g/mol. The van der Waals surface area contributed by atoms with E-state index in [0.29, 0.717) is 19.5 Å². The van der Waals surface area contributed by atoms with E-state index in [1.807, 2.05) is 35.9 Å². The number of rotatable bonds is 6. The SMILES string of the molecule is Cn1c(NCCCNS(C)(=O)=O)nc2ccccc21. The standard InChI is InChI=1S/C12H18N4O2S/c1-16-11-7-4-3-6-10(11)15-12(16)13-8-5-9-14-19(2,17)18/h3-4,6-7,14H,5,8-9H2,1-2H3,(H,13,15). The van der Waals surface area contributed by atoms with Gasteiger partial charge in [-0.05, 0) is 18.6 Å². The molecule has 7 heteroatoms. The molecule has 0 bridgehead atoms. The van der Waals surface area contributed by atoms with Crippen LogP contribution in [0.3, 0.4) is 0 Å². The van der Waals surface area contributed by atoms with Gasteiger partial charge in [-0.15, -0.1) is 0 Å². The first-order valence-electron chi connectivity index (χ1n) is 6.07. The molecule has 0 saturated heterocycles. The molecule has 1 heterocycles. The summed E-state index contributed by atoms with van der Waals surface area (Å²) in [5, 5.41) is 3.21. The van der Waals surface area contributed by atoms with Gasteiger partial charge in [-0.3, -0.25) is 0 Å². The molecule has 0 saturated carbocycles. The van der Waals surface area contributed by atoms with Crippen molar-refractivity contribution < 1.29 is 8.42 Å². The summed E-state index contributed by atoms with van der Waals surface area (Å²) in [6.07, 6.45) is 1.86. The Balaban J connectivity index is 1.90. The zero-order valence-corrected chi connectivity index (χ0v) is 11.9. The lowest BCUT2D eigenvalue weighted by Crippen LogP contribution is -2.24. The van der Waals surface area contributed by atoms with Gasteiger partial charge in [0, 0.05) is 20.1 Å². The molecule has 2 rings (SSSR count). The van der Waals surface area contributed by atoms with Crippen LogP contribution in [0.1, 0.15) is 6.42 Å². The number of fused-ring (bicyclic) bond motifs is 1. The minimum atomic E-state index is -3.10. The van der Waals surface area contributed by atoms with Crippen LogP contribution in [0.4, 0.5) is 5.95 Å². The summed E-state index contributed by atoms with van der Waals surface area (Å²) in [6.45, 7) is 1.09. The fourth-order valence-electron chi connectivity index (χ4n) is 1.85. The summed E-state index contributed by atoms with van der Waals surface area (Å²) in [5.41, 5.74) is 2.01. The van der Waals surface area contributed by atoms with Gasteiger partial charge >= 0.3 is 0 Å². The van der Waals surface area contributed by atoms with Crippen LogP contribution in [0.5, 0.6) is 0 Å². The van der Waals surface area contributed by atoms with Gasteiger partial charge in [0.2, 0.25) is 16.0 Å². The number of anilines is 1. The Morgan fingerprint density at radius 1 is 1.26 bits per heavy atom. The van der Waals surface area contributed by atoms with Crippen LogP contribution in [0.25, 0.3) is 11.0 Å². The maximum atomic E-state index is 10.9. The number of aryl methyl sites for hydroxylation is 1. The number of hydrogen-bond acceptors (Lipinski definition) is 4. The molecule has 19 heavy (non-hydrogen) atoms. The van der Waals surface area contributed by atoms with Gasteiger partial charge in [0.25, 0.3) is 0 Å². The van der Waals surface area contributed by atoms with Gasteiger partial charge in [0.1, 0.15) is 0 Å². The van der Waals surface area contributed by atoms with Crippen LogP contribution in [0.2, 0.25) is 0 Å². The first-order chi connectivity index (χ1) is 8.97. The van der Waals surface area contributed by atoms with Crippen molar-refractivity contribution in [1.29, 1.82) is 0 Å². The summed E-state index contributed by atoms with van der Waals surface area (Å²) < 4.78 is 26.2. The van der Waals surface area contributed by atoms with Crippen LogP contribution in [-0.4, -0.2) is 37.3 Å². The molecule has 0 aliphatic rings. The topological polar surface area (TPSA) is 76.0 Å². The van der Waals surface area contributed by atoms with E-state index in [0.717, 1.165) is 23.2 Å². The highest BCUT2D eigenvalue weighted by molar-refractivity contribution is 7.88. The molecular weight excluding hydrogens is 264 g/mol. The van der Waals surface area contributed by atoms with Crippen LogP contribution < -0.4 is 10.0 Å². The lowest BCUT2D eigenvalue weighted by Gasteiger charge is -2.06. The first kappa shape index (κ1) is 13.8. The Kier molecular flexibility index (Phi) is 4.06. The summed E-state index contributed by atoms with van der Waals surface area (Å²) in [4.78, 5) is 4.47. The van der Waals surface area contributed by atoms with E-state index in [2.05, 4.69) is 15.0 Å². The molecule has 0 unspecified atom stereocenters. The van der Waals surface area contributed by atoms with Crippen LogP contribution in [0, 0.1) is 0 Å². The summed E-state index contributed by atoms with van der Waals surface area (Å²) in [5.74, 6) is 0.792. The van der Waals surface area contributed by atoms with E-state index in [-0.39, 0.29) is 0 Å². The Morgan fingerprint density at radius 3 is 2.68 bits per heavy atom. The van der Waals surface area contributed by atoms with Crippen molar-refractivity contribution in [2.75, 3.05) is 24.7 Å². The largest absolute Gasteiger partial charge is 0.356 e. The fourth-order valence-corrected chi connectivity index (χ4v) is 2.36. The molecule has 0 amide bonds. The molecule has 1 aromatic heterocycles. The van der Waals surface area contributed by atoms with Crippen molar-refractivity contribution in [2.45, 2.75) is 6.42 Å². The predicted molar refractivity (Wildman–Crippen MR) is 76.7 cm³/mol. The highest BCUT2D eigenvalue weighted by Gasteiger charge is 2.06. The second-order valence-corrected chi connectivity index (χ2v) is 6.26. The zero-order valence-electron chi connectivity index (χ0n) is 11.0. The maximum Gasteiger partial charge on any atom is 0.208 e. The Morgan fingerprint density at radius 2 is 2.00 bits per heavy atom. The molecule has 0 spiro atoms. The van der Waals surface area contributed by atoms with E-state index >= 15 is 0 Å². The van der Waals surface area contributed by atoms with Gasteiger partial charge in [0.15, 0.2) is 0 Å². The van der Waals surface area contributed by atoms with Crippen LogP contribution >= 0.6 is 0 Å². The molecule has 0 atom stereocenters. The second-order valence-electron chi connectivity index (χ2n) is 4.43. The Bertz CT molecular complexity index is 663. The molecule has 1 aromatic carbocycles. The number of nitrogens with one attached hydrogen (secondary N) is 2. The second kappa shape index (κ2) is 5.58. The van der Waals surface area contributed by atoms with Crippen molar-refractivity contribution in [3.63, 3.8) is 0 Å². The average Bonchev–Trinajstić information content (AvgIpc) is 2.65. The number of para-hydroxylation sites is 2. The van der Waals surface area contributed by atoms with E-state index in [4.69, 9.17) is 0 Å². The summed E-state index contributed by atoms with van der Waals surface area (Å²) >= 11 is 0. The lowest BCUT2D eigenvalue weighted by atomic mass is 10.3. The van der Waals surface area contributed by atoms with Crippen LogP contribution in [0.15, 0.2) is 24.3 Å². The molecule has 2 aromatic rings. The molecule has 2 N–H and O–H groups in total. The van der Waals surface area contributed by atoms with Gasteiger partial charge in [-0.2, -0.15) is 0 Å². The number of imidazole rings is 1. The fraction of sp³-hybridized carbons (Fsp3) is 0.417. The molecule has 104 valence electrons. The third-order valence-electron chi connectivity index (χ3n) is 2.79. The van der Waals surface area contributed by atoms with Crippen molar-refractivity contribution in [2.24, 2.45) is 7.05 Å². The van der Waals surface area contributed by atoms with Crippen molar-refractivity contribution in [3.8, 4) is 0 Å². The lowest BCUT2D eigenvalue weighted by molar-refractivity contribution is 0.586. The van der Waals surface area contributed by atoms with Crippen molar-refractivity contribution in [1.82, 2.24) is 14.3 Å². The highest BCUT2D eigenvalue weighted by atomic mass is 32.2. The van der Waals surface area contributed by atoms with E-state index in [1.165, 1.54) is 0 Å². The smallest absolute Gasteiger partial charge is 0.208 e. The molecule has 0 radical (unpaired) electrons. The Hall–Kier alpha value is -1.60. The first-order valence-corrected chi connectivity index (χ1v) is 7.96. The minimum Gasteiger partial charge on any atom is -0.356 e. The molecule has 6 nitrogen and oxygen atoms in total. The molecule has 0 aliphatic carbocycles. The van der Waals surface area contributed by atoms with Crippen molar-refractivity contribution in [3.05, 3.63) is 24.3 Å². The van der Waals surface area contributed by atoms with Crippen LogP contribution in [-0.2, 0) is 17.1 Å². The Labute approximate surface area is 112 Å². The highest BCUT2D eigenvalue weighted by Crippen LogP contribution is 2.17. The number of nitrogens with zero attached hydrogens (tertiary/aromatic N) is 2. The summed E-state index contributed by atoms with van der Waals surface area (Å²) in [6, 6.07) is 7.91. The van der Waals surface area contributed by atoms with Gasteiger partial charge in [0.05, 0.1) is 17.3 Å². The summed E-state index contributed by atoms with van der Waals surface area (Å²) in [7, 11) is -1.15. The van der Waals surface area contributed by atoms with E-state index < -0.39 is 10.0 Å². The quantitative estimate of drug-likeness (QED) is 0.773. The van der Waals surface area contributed by atoms with Gasteiger partial charge < -0.3 is 9.88 Å². The monoisotopic (exact) mass is 282 g/mol. The van der Waals surface area contributed by atoms with Gasteiger partial charge in [-0.1, -0.05) is 12.1 Å². The van der Waals surface area contributed by atoms with Gasteiger partial charge in [-0.25, -0.2) is 18.1 Å². The van der Waals surface area contributed by atoms with E-state index in [1.54, 1.807) is 0 Å². The third-order valence-corrected chi connectivity index (χ3v) is 3.52. The molecular formula is C12H18N4O2S. The third kappa shape index (κ3) is 3.68. The molecule has 0 aliphatic heterocycles. The number of sulfonamides is 1. The zero-order chi connectivity index (χ0) is 13.9. The predicted octanol–water partition coefficient (Wildman–Crippen LogP) is 0.925. The number of hydrogen-bond donors (Lipinski definition) is 2. The van der Waals surface area contributed by atoms with Crippen molar-refractivity contribution >= 4 is 27.0 Å². The molecule has 0 fully saturated rings. The maximum absolute atomic E-state index is 10.9. The normalized spacial score (nSPS) is 11.9.